The van der Waals surface area contributed by atoms with Gasteiger partial charge in [0.25, 0.3) is 0 Å². The maximum Gasteiger partial charge on any atom is 0.319 e. The second-order valence-electron chi connectivity index (χ2n) is 5.36. The van der Waals surface area contributed by atoms with Crippen molar-refractivity contribution in [1.29, 1.82) is 0 Å². The molecule has 0 aromatic rings. The molecule has 0 aliphatic heterocycles. The Morgan fingerprint density at radius 3 is 2.31 bits per heavy atom. The van der Waals surface area contributed by atoms with Crippen LogP contribution >= 0.6 is 0 Å². The molecule has 0 atom stereocenters. The second kappa shape index (κ2) is 6.37. The van der Waals surface area contributed by atoms with Gasteiger partial charge in [0.1, 0.15) is 0 Å². The van der Waals surface area contributed by atoms with E-state index in [2.05, 4.69) is 43.9 Å². The van der Waals surface area contributed by atoms with Gasteiger partial charge in [0.15, 0.2) is 8.32 Å². The summed E-state index contributed by atoms with van der Waals surface area (Å²) in [6.45, 7) is 12.6. The van der Waals surface area contributed by atoms with Gasteiger partial charge in [0.05, 0.1) is 13.7 Å². The van der Waals surface area contributed by atoms with Gasteiger partial charge < -0.3 is 14.5 Å². The van der Waals surface area contributed by atoms with Gasteiger partial charge in [0.2, 0.25) is 0 Å². The van der Waals surface area contributed by atoms with Crippen LogP contribution in [0.1, 0.15) is 20.8 Å². The highest BCUT2D eigenvalue weighted by molar-refractivity contribution is 6.74. The first-order valence-corrected chi connectivity index (χ1v) is 8.53. The van der Waals surface area contributed by atoms with Crippen molar-refractivity contribution < 1.29 is 14.0 Å². The standard InChI is InChI=1S/C11H25NO3Si/c1-11(2,3)16(5,6)15-8-7-12-9-10(13)14-4/h12H,7-9H2,1-6H3. The highest BCUT2D eigenvalue weighted by Crippen LogP contribution is 2.36. The molecule has 0 amide bonds. The second-order valence-corrected chi connectivity index (χ2v) is 10.2. The molecule has 0 saturated heterocycles. The number of carbonyl (C=O) groups is 1. The molecule has 0 bridgehead atoms. The van der Waals surface area contributed by atoms with E-state index in [0.717, 1.165) is 0 Å². The van der Waals surface area contributed by atoms with Crippen molar-refractivity contribution in [2.75, 3.05) is 26.8 Å². The van der Waals surface area contributed by atoms with Crippen LogP contribution in [0.15, 0.2) is 0 Å². The minimum absolute atomic E-state index is 0.231. The average molecular weight is 247 g/mol. The lowest BCUT2D eigenvalue weighted by atomic mass is 10.2. The molecule has 16 heavy (non-hydrogen) atoms. The third kappa shape index (κ3) is 5.63. The zero-order valence-electron chi connectivity index (χ0n) is 11.3. The van der Waals surface area contributed by atoms with Gasteiger partial charge in [0, 0.05) is 13.2 Å². The number of nitrogens with one attached hydrogen (secondary N) is 1. The monoisotopic (exact) mass is 247 g/mol. The van der Waals surface area contributed by atoms with Crippen molar-refractivity contribution >= 4 is 14.3 Å². The van der Waals surface area contributed by atoms with Gasteiger partial charge in [-0.15, -0.1) is 0 Å². The van der Waals surface area contributed by atoms with Crippen molar-refractivity contribution in [2.24, 2.45) is 0 Å². The Kier molecular flexibility index (Phi) is 6.21. The van der Waals surface area contributed by atoms with Gasteiger partial charge in [-0.05, 0) is 18.1 Å². The normalized spacial score (nSPS) is 12.6. The van der Waals surface area contributed by atoms with Crippen LogP contribution in [0.2, 0.25) is 18.1 Å². The molecule has 0 radical (unpaired) electrons. The quantitative estimate of drug-likeness (QED) is 0.441. The first-order valence-electron chi connectivity index (χ1n) is 5.62. The predicted octanol–water partition coefficient (Wildman–Crippen LogP) is 1.77. The molecular weight excluding hydrogens is 222 g/mol. The number of hydrogen-bond acceptors (Lipinski definition) is 4. The summed E-state index contributed by atoms with van der Waals surface area (Å²) >= 11 is 0. The molecule has 0 fully saturated rings. The molecule has 0 aromatic heterocycles. The minimum Gasteiger partial charge on any atom is -0.468 e. The van der Waals surface area contributed by atoms with Crippen LogP contribution in [0, 0.1) is 0 Å². The van der Waals surface area contributed by atoms with E-state index in [1.54, 1.807) is 0 Å². The first kappa shape index (κ1) is 15.6. The summed E-state index contributed by atoms with van der Waals surface area (Å²) in [5, 5.41) is 3.21. The summed E-state index contributed by atoms with van der Waals surface area (Å²) in [7, 11) is -0.262. The van der Waals surface area contributed by atoms with Crippen molar-refractivity contribution in [3.63, 3.8) is 0 Å². The Labute approximate surface area is 99.8 Å². The van der Waals surface area contributed by atoms with E-state index in [1.165, 1.54) is 7.11 Å². The SMILES string of the molecule is COC(=O)CNCCO[Si](C)(C)C(C)(C)C. The van der Waals surface area contributed by atoms with Gasteiger partial charge in [-0.1, -0.05) is 20.8 Å². The van der Waals surface area contributed by atoms with Crippen molar-refractivity contribution in [3.8, 4) is 0 Å². The number of hydrogen-bond donors (Lipinski definition) is 1. The van der Waals surface area contributed by atoms with Crippen LogP contribution in [0.5, 0.6) is 0 Å². The number of esters is 1. The highest BCUT2D eigenvalue weighted by Gasteiger charge is 2.36. The zero-order valence-corrected chi connectivity index (χ0v) is 12.3. The Morgan fingerprint density at radius 2 is 1.88 bits per heavy atom. The number of ether oxygens (including phenoxy) is 1. The molecule has 96 valence electrons. The predicted molar refractivity (Wildman–Crippen MR) is 68.0 cm³/mol. The number of methoxy groups -OCH3 is 1. The number of carbonyl (C=O) groups excluding carboxylic acids is 1. The Hall–Kier alpha value is -0.393. The lowest BCUT2D eigenvalue weighted by Crippen LogP contribution is -2.42. The maximum atomic E-state index is 10.8. The molecule has 1 N–H and O–H groups in total. The Bertz CT molecular complexity index is 224. The molecule has 0 saturated carbocycles. The van der Waals surface area contributed by atoms with Crippen LogP contribution in [0.4, 0.5) is 0 Å². The molecule has 0 unspecified atom stereocenters. The van der Waals surface area contributed by atoms with Crippen LogP contribution in [0.3, 0.4) is 0 Å². The molecule has 5 heteroatoms. The van der Waals surface area contributed by atoms with Crippen molar-refractivity contribution in [3.05, 3.63) is 0 Å². The molecule has 0 spiro atoms. The highest BCUT2D eigenvalue weighted by atomic mass is 28.4. The van der Waals surface area contributed by atoms with Gasteiger partial charge in [-0.2, -0.15) is 0 Å². The molecule has 0 aliphatic carbocycles. The van der Waals surface area contributed by atoms with E-state index in [4.69, 9.17) is 4.43 Å². The number of rotatable bonds is 6. The minimum atomic E-state index is -1.65. The summed E-state index contributed by atoms with van der Waals surface area (Å²) in [6, 6.07) is 0. The maximum absolute atomic E-state index is 10.8. The fourth-order valence-electron chi connectivity index (χ4n) is 0.857. The Morgan fingerprint density at radius 1 is 1.31 bits per heavy atom. The molecule has 0 aromatic carbocycles. The van der Waals surface area contributed by atoms with Gasteiger partial charge in [-0.25, -0.2) is 0 Å². The smallest absolute Gasteiger partial charge is 0.319 e. The van der Waals surface area contributed by atoms with Crippen LogP contribution < -0.4 is 5.32 Å². The molecule has 0 aliphatic rings. The van der Waals surface area contributed by atoms with Gasteiger partial charge in [-0.3, -0.25) is 4.79 Å². The van der Waals surface area contributed by atoms with Crippen LogP contribution in [0.25, 0.3) is 0 Å². The van der Waals surface area contributed by atoms with Crippen molar-refractivity contribution in [1.82, 2.24) is 5.32 Å². The average Bonchev–Trinajstić information content (AvgIpc) is 2.15. The van der Waals surface area contributed by atoms with E-state index in [9.17, 15) is 4.79 Å². The molecule has 0 heterocycles. The fourth-order valence-corrected chi connectivity index (χ4v) is 1.90. The molecular formula is C11H25NO3Si. The molecule has 4 nitrogen and oxygen atoms in total. The largest absolute Gasteiger partial charge is 0.468 e. The summed E-state index contributed by atoms with van der Waals surface area (Å²) in [6.07, 6.45) is 0. The lowest BCUT2D eigenvalue weighted by molar-refractivity contribution is -0.139. The van der Waals surface area contributed by atoms with E-state index in [-0.39, 0.29) is 17.6 Å². The van der Waals surface area contributed by atoms with Crippen LogP contribution in [-0.4, -0.2) is 41.1 Å². The Balaban J connectivity index is 3.71. The third-order valence-corrected chi connectivity index (χ3v) is 7.58. The third-order valence-electron chi connectivity index (χ3n) is 3.04. The van der Waals surface area contributed by atoms with Crippen molar-refractivity contribution in [2.45, 2.75) is 38.9 Å². The zero-order chi connectivity index (χ0) is 12.8. The van der Waals surface area contributed by atoms with E-state index in [1.807, 2.05) is 0 Å². The fraction of sp³-hybridized carbons (Fsp3) is 0.909. The van der Waals surface area contributed by atoms with E-state index < -0.39 is 8.32 Å². The lowest BCUT2D eigenvalue weighted by Gasteiger charge is -2.36. The van der Waals surface area contributed by atoms with Crippen LogP contribution in [-0.2, 0) is 14.0 Å². The first-order chi connectivity index (χ1) is 7.20. The summed E-state index contributed by atoms with van der Waals surface area (Å²) in [5.74, 6) is -0.243. The topological polar surface area (TPSA) is 47.6 Å². The van der Waals surface area contributed by atoms with E-state index >= 15 is 0 Å². The van der Waals surface area contributed by atoms with Gasteiger partial charge >= 0.3 is 5.97 Å². The summed E-state index contributed by atoms with van der Waals surface area (Å²) < 4.78 is 10.5. The molecule has 0 rings (SSSR count). The summed E-state index contributed by atoms with van der Waals surface area (Å²) in [4.78, 5) is 10.8. The van der Waals surface area contributed by atoms with E-state index in [0.29, 0.717) is 13.2 Å². The summed E-state index contributed by atoms with van der Waals surface area (Å²) in [5.41, 5.74) is 0.